The number of nitrogens with one attached hydrogen (secondary N) is 1. The Balaban J connectivity index is 1.42. The normalized spacial score (nSPS) is 11.1. The Hall–Kier alpha value is -4.04. The molecule has 0 aliphatic rings. The number of benzene rings is 2. The van der Waals surface area contributed by atoms with Gasteiger partial charge in [0.2, 0.25) is 0 Å². The van der Waals surface area contributed by atoms with Gasteiger partial charge in [-0.3, -0.25) is 14.2 Å². The second-order valence-electron chi connectivity index (χ2n) is 7.56. The van der Waals surface area contributed by atoms with Crippen molar-refractivity contribution in [2.75, 3.05) is 5.32 Å². The molecule has 9 heteroatoms. The molecule has 5 rings (SSSR count). The van der Waals surface area contributed by atoms with Crippen LogP contribution in [0.3, 0.4) is 0 Å². The van der Waals surface area contributed by atoms with Crippen molar-refractivity contribution in [3.05, 3.63) is 95.2 Å². The van der Waals surface area contributed by atoms with Crippen LogP contribution in [0.5, 0.6) is 0 Å². The van der Waals surface area contributed by atoms with E-state index in [4.69, 9.17) is 11.6 Å². The van der Waals surface area contributed by atoms with Crippen molar-refractivity contribution < 1.29 is 9.18 Å². The molecule has 0 spiro atoms. The molecular weight excluding hydrogens is 443 g/mol. The molecule has 1 amide bonds. The van der Waals surface area contributed by atoms with Gasteiger partial charge in [0, 0.05) is 41.5 Å². The van der Waals surface area contributed by atoms with Gasteiger partial charge < -0.3 is 5.32 Å². The summed E-state index contributed by atoms with van der Waals surface area (Å²) in [5.41, 5.74) is 3.39. The molecule has 0 unspecified atom stereocenters. The number of carbonyl (C=O) groups excluding carboxylic acids is 1. The minimum atomic E-state index is -0.396. The predicted octanol–water partition coefficient (Wildman–Crippen LogP) is 4.92. The maximum Gasteiger partial charge on any atom is 0.257 e. The predicted molar refractivity (Wildman–Crippen MR) is 125 cm³/mol. The van der Waals surface area contributed by atoms with E-state index in [1.807, 2.05) is 37.5 Å². The average molecular weight is 461 g/mol. The highest BCUT2D eigenvalue weighted by Gasteiger charge is 2.16. The molecule has 0 aliphatic carbocycles. The van der Waals surface area contributed by atoms with Gasteiger partial charge in [-0.1, -0.05) is 35.9 Å². The number of aryl methyl sites for hydroxylation is 1. The fourth-order valence-electron chi connectivity index (χ4n) is 3.59. The number of fused-ring (bicyclic) bond motifs is 1. The smallest absolute Gasteiger partial charge is 0.257 e. The highest BCUT2D eigenvalue weighted by molar-refractivity contribution is 6.31. The Bertz CT molecular complexity index is 1490. The van der Waals surface area contributed by atoms with Crippen molar-refractivity contribution in [2.45, 2.75) is 6.54 Å². The molecule has 3 aromatic heterocycles. The second kappa shape index (κ2) is 8.48. The number of aromatic nitrogens is 5. The van der Waals surface area contributed by atoms with Crippen LogP contribution in [0, 0.1) is 5.82 Å². The first-order valence-corrected chi connectivity index (χ1v) is 10.5. The summed E-state index contributed by atoms with van der Waals surface area (Å²) in [6.07, 6.45) is 5.28. The van der Waals surface area contributed by atoms with Gasteiger partial charge in [0.25, 0.3) is 5.91 Å². The summed E-state index contributed by atoms with van der Waals surface area (Å²) in [6, 6.07) is 15.1. The first kappa shape index (κ1) is 20.8. The van der Waals surface area contributed by atoms with Gasteiger partial charge in [-0.05, 0) is 29.8 Å². The van der Waals surface area contributed by atoms with E-state index in [0.717, 1.165) is 16.5 Å². The van der Waals surface area contributed by atoms with Gasteiger partial charge in [0.05, 0.1) is 29.5 Å². The van der Waals surface area contributed by atoms with Crippen molar-refractivity contribution in [3.63, 3.8) is 0 Å². The van der Waals surface area contributed by atoms with Crippen LogP contribution < -0.4 is 5.32 Å². The zero-order chi connectivity index (χ0) is 22.9. The number of anilines is 1. The Morgan fingerprint density at radius 2 is 2.00 bits per heavy atom. The Kier molecular flexibility index (Phi) is 5.35. The molecule has 33 heavy (non-hydrogen) atoms. The molecular formula is C24H18ClFN6O. The Morgan fingerprint density at radius 3 is 2.79 bits per heavy atom. The third kappa shape index (κ3) is 4.33. The van der Waals surface area contributed by atoms with Crippen LogP contribution in [0.1, 0.15) is 15.9 Å². The standard InChI is InChI=1S/C24H18ClFN6O/c1-31-13-16(12-27-31)22-11-19(18-4-2-3-5-21(18)28-22)24(33)29-23-8-9-32(30-23)14-15-6-7-17(26)10-20(15)25/h2-13H,14H2,1H3,(H,29,30,33). The highest BCUT2D eigenvalue weighted by atomic mass is 35.5. The number of pyridine rings is 1. The van der Waals surface area contributed by atoms with Gasteiger partial charge in [0.15, 0.2) is 5.82 Å². The number of hydrogen-bond acceptors (Lipinski definition) is 4. The lowest BCUT2D eigenvalue weighted by molar-refractivity contribution is 0.102. The largest absolute Gasteiger partial charge is 0.305 e. The summed E-state index contributed by atoms with van der Waals surface area (Å²) >= 11 is 6.11. The van der Waals surface area contributed by atoms with Gasteiger partial charge in [0.1, 0.15) is 5.82 Å². The van der Waals surface area contributed by atoms with E-state index in [2.05, 4.69) is 20.5 Å². The summed E-state index contributed by atoms with van der Waals surface area (Å²) in [5, 5.41) is 12.5. The molecule has 7 nitrogen and oxygen atoms in total. The van der Waals surface area contributed by atoms with E-state index >= 15 is 0 Å². The first-order valence-electron chi connectivity index (χ1n) is 10.1. The van der Waals surface area contributed by atoms with Crippen molar-refractivity contribution in [1.29, 1.82) is 0 Å². The summed E-state index contributed by atoms with van der Waals surface area (Å²) in [5.74, 6) is -0.307. The Labute approximate surface area is 193 Å². The number of amides is 1. The summed E-state index contributed by atoms with van der Waals surface area (Å²) in [4.78, 5) is 17.9. The molecule has 0 atom stereocenters. The summed E-state index contributed by atoms with van der Waals surface area (Å²) in [6.45, 7) is 0.346. The third-order valence-corrected chi connectivity index (χ3v) is 5.54. The quantitative estimate of drug-likeness (QED) is 0.403. The molecule has 0 bridgehead atoms. The van der Waals surface area contributed by atoms with Gasteiger partial charge in [-0.15, -0.1) is 0 Å². The van der Waals surface area contributed by atoms with Crippen LogP contribution in [0.2, 0.25) is 5.02 Å². The topological polar surface area (TPSA) is 77.6 Å². The van der Waals surface area contributed by atoms with Gasteiger partial charge >= 0.3 is 0 Å². The lowest BCUT2D eigenvalue weighted by atomic mass is 10.0. The number of carbonyl (C=O) groups is 1. The van der Waals surface area contributed by atoms with E-state index in [0.29, 0.717) is 34.2 Å². The van der Waals surface area contributed by atoms with Crippen LogP contribution in [-0.2, 0) is 13.6 Å². The van der Waals surface area contributed by atoms with Crippen LogP contribution in [-0.4, -0.2) is 30.5 Å². The van der Waals surface area contributed by atoms with Crippen molar-refractivity contribution >= 4 is 34.2 Å². The minimum Gasteiger partial charge on any atom is -0.305 e. The first-order chi connectivity index (χ1) is 16.0. The molecule has 5 aromatic rings. The molecule has 0 fully saturated rings. The van der Waals surface area contributed by atoms with E-state index in [9.17, 15) is 9.18 Å². The van der Waals surface area contributed by atoms with Crippen LogP contribution in [0.25, 0.3) is 22.2 Å². The van der Waals surface area contributed by atoms with Crippen LogP contribution >= 0.6 is 11.6 Å². The molecule has 2 aromatic carbocycles. The van der Waals surface area contributed by atoms with Crippen molar-refractivity contribution in [3.8, 4) is 11.3 Å². The summed E-state index contributed by atoms with van der Waals surface area (Å²) in [7, 11) is 1.83. The number of nitrogens with zero attached hydrogens (tertiary/aromatic N) is 5. The Morgan fingerprint density at radius 1 is 1.15 bits per heavy atom. The lowest BCUT2D eigenvalue weighted by Gasteiger charge is -2.09. The molecule has 164 valence electrons. The summed E-state index contributed by atoms with van der Waals surface area (Å²) < 4.78 is 16.6. The minimum absolute atomic E-state index is 0.302. The van der Waals surface area contributed by atoms with Gasteiger partial charge in [-0.25, -0.2) is 9.37 Å². The number of halogens is 2. The fourth-order valence-corrected chi connectivity index (χ4v) is 3.82. The number of hydrogen-bond donors (Lipinski definition) is 1. The van der Waals surface area contributed by atoms with Gasteiger partial charge in [-0.2, -0.15) is 10.2 Å². The zero-order valence-electron chi connectivity index (χ0n) is 17.5. The van der Waals surface area contributed by atoms with E-state index < -0.39 is 5.82 Å². The molecule has 0 saturated carbocycles. The van der Waals surface area contributed by atoms with E-state index in [1.165, 1.54) is 12.1 Å². The molecule has 0 aliphatic heterocycles. The van der Waals surface area contributed by atoms with E-state index in [-0.39, 0.29) is 5.91 Å². The molecule has 1 N–H and O–H groups in total. The third-order valence-electron chi connectivity index (χ3n) is 5.19. The highest BCUT2D eigenvalue weighted by Crippen LogP contribution is 2.25. The number of rotatable bonds is 5. The maximum atomic E-state index is 13.3. The average Bonchev–Trinajstić information content (AvgIpc) is 3.43. The maximum absolute atomic E-state index is 13.3. The van der Waals surface area contributed by atoms with Crippen molar-refractivity contribution in [1.82, 2.24) is 24.5 Å². The van der Waals surface area contributed by atoms with Crippen LogP contribution in [0.15, 0.2) is 73.2 Å². The molecule has 0 radical (unpaired) electrons. The zero-order valence-corrected chi connectivity index (χ0v) is 18.3. The SMILES string of the molecule is Cn1cc(-c2cc(C(=O)Nc3ccn(Cc4ccc(F)cc4Cl)n3)c3ccccc3n2)cn1. The van der Waals surface area contributed by atoms with Crippen LogP contribution in [0.4, 0.5) is 10.2 Å². The molecule has 0 saturated heterocycles. The lowest BCUT2D eigenvalue weighted by Crippen LogP contribution is -2.14. The molecule has 3 heterocycles. The fraction of sp³-hybridized carbons (Fsp3) is 0.0833. The van der Waals surface area contributed by atoms with Crippen molar-refractivity contribution in [2.24, 2.45) is 7.05 Å². The number of para-hydroxylation sites is 1. The second-order valence-corrected chi connectivity index (χ2v) is 7.97. The van der Waals surface area contributed by atoms with E-state index in [1.54, 1.807) is 40.0 Å². The monoisotopic (exact) mass is 460 g/mol.